The molecule has 1 heterocycles. The lowest BCUT2D eigenvalue weighted by molar-refractivity contribution is 0.0972. The molecular weight excluding hydrogens is 321 g/mol. The number of ether oxygens (including phenoxy) is 1. The highest BCUT2D eigenvalue weighted by molar-refractivity contribution is 6.37. The molecule has 1 atom stereocenters. The normalized spacial score (nSPS) is 16.9. The van der Waals surface area contributed by atoms with Crippen molar-refractivity contribution in [2.24, 2.45) is 0 Å². The molecule has 0 amide bonds. The van der Waals surface area contributed by atoms with Crippen LogP contribution in [0.5, 0.6) is 5.75 Å². The van der Waals surface area contributed by atoms with Crippen molar-refractivity contribution in [3.05, 3.63) is 57.6 Å². The number of hydrogen-bond acceptors (Lipinski definition) is 3. The molecule has 0 radical (unpaired) electrons. The number of benzene rings is 2. The van der Waals surface area contributed by atoms with Crippen molar-refractivity contribution in [1.82, 2.24) is 0 Å². The van der Waals surface area contributed by atoms with Crippen LogP contribution in [-0.2, 0) is 0 Å². The van der Waals surface area contributed by atoms with E-state index < -0.39 is 0 Å². The maximum atomic E-state index is 12.3. The fraction of sp³-hybridized carbons (Fsp3) is 0.235. The van der Waals surface area contributed by atoms with Gasteiger partial charge in [-0.25, -0.2) is 0 Å². The van der Waals surface area contributed by atoms with Gasteiger partial charge in [0.2, 0.25) is 0 Å². The Morgan fingerprint density at radius 2 is 1.91 bits per heavy atom. The van der Waals surface area contributed by atoms with Gasteiger partial charge >= 0.3 is 0 Å². The molecule has 0 saturated heterocycles. The number of halogens is 2. The van der Waals surface area contributed by atoms with Gasteiger partial charge in [0, 0.05) is 17.7 Å². The molecule has 114 valence electrons. The monoisotopic (exact) mass is 335 g/mol. The number of carbonyl (C=O) groups is 1. The third-order valence-corrected chi connectivity index (χ3v) is 4.22. The zero-order chi connectivity index (χ0) is 15.7. The third-order valence-electron chi connectivity index (χ3n) is 3.66. The smallest absolute Gasteiger partial charge is 0.167 e. The van der Waals surface area contributed by atoms with E-state index in [1.165, 1.54) is 0 Å². The molecule has 2 aromatic carbocycles. The van der Waals surface area contributed by atoms with Crippen molar-refractivity contribution in [2.75, 3.05) is 11.9 Å². The summed E-state index contributed by atoms with van der Waals surface area (Å²) in [6, 6.07) is 11.0. The molecule has 1 aliphatic heterocycles. The van der Waals surface area contributed by atoms with Crippen LogP contribution in [0.25, 0.3) is 0 Å². The summed E-state index contributed by atoms with van der Waals surface area (Å²) >= 11 is 12.5. The third kappa shape index (κ3) is 2.79. The maximum Gasteiger partial charge on any atom is 0.167 e. The van der Waals surface area contributed by atoms with Crippen LogP contribution in [0.3, 0.4) is 0 Å². The molecular formula is C17H15Cl2NO2. The van der Waals surface area contributed by atoms with Gasteiger partial charge in [-0.3, -0.25) is 4.79 Å². The number of fused-ring (bicyclic) bond motifs is 1. The second-order valence-corrected chi connectivity index (χ2v) is 5.93. The number of ketones is 1. The SMILES string of the molecule is CCOc1c(Cl)cc(C2CC(=O)c3ccccc3N2)cc1Cl. The molecule has 5 heteroatoms. The van der Waals surface area contributed by atoms with E-state index in [0.717, 1.165) is 16.8 Å². The average molecular weight is 336 g/mol. The first-order valence-electron chi connectivity index (χ1n) is 7.10. The fourth-order valence-corrected chi connectivity index (χ4v) is 3.26. The van der Waals surface area contributed by atoms with Crippen LogP contribution in [0.15, 0.2) is 36.4 Å². The van der Waals surface area contributed by atoms with Crippen LogP contribution in [0.1, 0.15) is 35.3 Å². The molecule has 3 nitrogen and oxygen atoms in total. The van der Waals surface area contributed by atoms with E-state index in [-0.39, 0.29) is 11.8 Å². The van der Waals surface area contributed by atoms with Gasteiger partial charge in [0.25, 0.3) is 0 Å². The highest BCUT2D eigenvalue weighted by Gasteiger charge is 2.26. The summed E-state index contributed by atoms with van der Waals surface area (Å²) in [5.74, 6) is 0.595. The topological polar surface area (TPSA) is 38.3 Å². The van der Waals surface area contributed by atoms with Gasteiger partial charge < -0.3 is 10.1 Å². The molecule has 0 aliphatic carbocycles. The lowest BCUT2D eigenvalue weighted by Crippen LogP contribution is -2.22. The van der Waals surface area contributed by atoms with Gasteiger partial charge in [-0.05, 0) is 36.8 Å². The van der Waals surface area contributed by atoms with Gasteiger partial charge in [0.15, 0.2) is 11.5 Å². The summed E-state index contributed by atoms with van der Waals surface area (Å²) in [5.41, 5.74) is 2.44. The standard InChI is InChI=1S/C17H15Cl2NO2/c1-2-22-17-12(18)7-10(8-13(17)19)15-9-16(21)11-5-3-4-6-14(11)20-15/h3-8,15,20H,2,9H2,1H3. The summed E-state index contributed by atoms with van der Waals surface area (Å²) in [4.78, 5) is 12.3. The summed E-state index contributed by atoms with van der Waals surface area (Å²) in [5, 5.41) is 4.28. The highest BCUT2D eigenvalue weighted by Crippen LogP contribution is 2.39. The lowest BCUT2D eigenvalue weighted by Gasteiger charge is -2.27. The number of Topliss-reactive ketones (excluding diaryl/α,β-unsaturated/α-hetero) is 1. The Labute approximate surface area is 139 Å². The summed E-state index contributed by atoms with van der Waals surface area (Å²) in [6.45, 7) is 2.37. The van der Waals surface area contributed by atoms with Gasteiger partial charge in [-0.2, -0.15) is 0 Å². The largest absolute Gasteiger partial charge is 0.491 e. The summed E-state index contributed by atoms with van der Waals surface area (Å²) < 4.78 is 5.44. The Bertz CT molecular complexity index is 707. The number of carbonyl (C=O) groups excluding carboxylic acids is 1. The lowest BCUT2D eigenvalue weighted by atomic mass is 9.92. The van der Waals surface area contributed by atoms with Gasteiger partial charge in [-0.15, -0.1) is 0 Å². The van der Waals surface area contributed by atoms with E-state index in [9.17, 15) is 4.79 Å². The Morgan fingerprint density at radius 1 is 1.23 bits per heavy atom. The second-order valence-electron chi connectivity index (χ2n) is 5.12. The number of para-hydroxylation sites is 1. The predicted octanol–water partition coefficient (Wildman–Crippen LogP) is 5.13. The Hall–Kier alpha value is -1.71. The van der Waals surface area contributed by atoms with Crippen molar-refractivity contribution >= 4 is 34.7 Å². The number of rotatable bonds is 3. The first kappa shape index (κ1) is 15.2. The maximum absolute atomic E-state index is 12.3. The first-order valence-corrected chi connectivity index (χ1v) is 7.86. The van der Waals surface area contributed by atoms with E-state index >= 15 is 0 Å². The molecule has 1 N–H and O–H groups in total. The molecule has 1 unspecified atom stereocenters. The van der Waals surface area contributed by atoms with Gasteiger partial charge in [-0.1, -0.05) is 35.3 Å². The van der Waals surface area contributed by atoms with E-state index in [4.69, 9.17) is 27.9 Å². The van der Waals surface area contributed by atoms with Crippen molar-refractivity contribution in [3.8, 4) is 5.75 Å². The zero-order valence-electron chi connectivity index (χ0n) is 12.0. The highest BCUT2D eigenvalue weighted by atomic mass is 35.5. The van der Waals surface area contributed by atoms with Crippen molar-refractivity contribution < 1.29 is 9.53 Å². The molecule has 22 heavy (non-hydrogen) atoms. The molecule has 3 rings (SSSR count). The average Bonchev–Trinajstić information content (AvgIpc) is 2.50. The van der Waals surface area contributed by atoms with E-state index in [0.29, 0.717) is 28.8 Å². The Balaban J connectivity index is 1.95. The molecule has 0 saturated carbocycles. The number of hydrogen-bond donors (Lipinski definition) is 1. The van der Waals surface area contributed by atoms with Crippen molar-refractivity contribution in [2.45, 2.75) is 19.4 Å². The van der Waals surface area contributed by atoms with E-state index in [1.807, 2.05) is 31.2 Å². The van der Waals surface area contributed by atoms with Gasteiger partial charge in [0.1, 0.15) is 0 Å². The van der Waals surface area contributed by atoms with Crippen LogP contribution >= 0.6 is 23.2 Å². The Kier molecular flexibility index (Phi) is 4.27. The molecule has 1 aliphatic rings. The number of anilines is 1. The van der Waals surface area contributed by atoms with Crippen LogP contribution in [0.2, 0.25) is 10.0 Å². The quantitative estimate of drug-likeness (QED) is 0.844. The summed E-state index contributed by atoms with van der Waals surface area (Å²) in [6.07, 6.45) is 0.373. The Morgan fingerprint density at radius 3 is 2.59 bits per heavy atom. The first-order chi connectivity index (χ1) is 10.6. The van der Waals surface area contributed by atoms with E-state index in [2.05, 4.69) is 5.32 Å². The second kappa shape index (κ2) is 6.19. The molecule has 2 aromatic rings. The predicted molar refractivity (Wildman–Crippen MR) is 89.4 cm³/mol. The van der Waals surface area contributed by atoms with Gasteiger partial charge in [0.05, 0.1) is 22.7 Å². The fourth-order valence-electron chi connectivity index (χ4n) is 2.65. The minimum Gasteiger partial charge on any atom is -0.491 e. The minimum absolute atomic E-state index is 0.112. The minimum atomic E-state index is -0.145. The molecule has 0 fully saturated rings. The summed E-state index contributed by atoms with van der Waals surface area (Å²) in [7, 11) is 0. The number of nitrogens with one attached hydrogen (secondary N) is 1. The van der Waals surface area contributed by atoms with E-state index in [1.54, 1.807) is 12.1 Å². The van der Waals surface area contributed by atoms with Crippen LogP contribution < -0.4 is 10.1 Å². The molecule has 0 aromatic heterocycles. The van der Waals surface area contributed by atoms with Crippen LogP contribution in [-0.4, -0.2) is 12.4 Å². The zero-order valence-corrected chi connectivity index (χ0v) is 13.5. The molecule has 0 spiro atoms. The van der Waals surface area contributed by atoms with Crippen molar-refractivity contribution in [3.63, 3.8) is 0 Å². The van der Waals surface area contributed by atoms with Crippen molar-refractivity contribution in [1.29, 1.82) is 0 Å². The van der Waals surface area contributed by atoms with Crippen LogP contribution in [0.4, 0.5) is 5.69 Å². The van der Waals surface area contributed by atoms with Crippen LogP contribution in [0, 0.1) is 0 Å². The molecule has 0 bridgehead atoms.